The number of rotatable bonds is 15. The molecule has 0 rings (SSSR count). The molecule has 0 saturated carbocycles. The maximum Gasteiger partial charge on any atom is 0.360 e. The van der Waals surface area contributed by atoms with Gasteiger partial charge < -0.3 is 18.1 Å². The summed E-state index contributed by atoms with van der Waals surface area (Å²) in [5.74, 6) is 0. The third-order valence-corrected chi connectivity index (χ3v) is 8.81. The third kappa shape index (κ3) is 6.57. The van der Waals surface area contributed by atoms with Gasteiger partial charge in [0.2, 0.25) is 5.52 Å². The fourth-order valence-corrected chi connectivity index (χ4v) is 7.71. The van der Waals surface area contributed by atoms with E-state index in [0.29, 0.717) is 13.1 Å². The Balaban J connectivity index is 6.20. The minimum atomic E-state index is -3.81. The Labute approximate surface area is 146 Å². The summed E-state index contributed by atoms with van der Waals surface area (Å²) in [6, 6.07) is 0. The van der Waals surface area contributed by atoms with Crippen molar-refractivity contribution < 1.29 is 27.2 Å². The van der Waals surface area contributed by atoms with Crippen molar-refractivity contribution >= 4 is 15.2 Å². The summed E-state index contributed by atoms with van der Waals surface area (Å²) >= 11 is 0. The zero-order valence-corrected chi connectivity index (χ0v) is 17.0. The van der Waals surface area contributed by atoms with E-state index in [0.717, 1.165) is 0 Å². The SMILES string of the molecule is C=CCN(CC=C)C(P(=O)(OCC)OCC)P(=O)(OCC)OCC. The minimum Gasteiger partial charge on any atom is -0.307 e. The number of nitrogens with zero attached hydrogens (tertiary/aromatic N) is 1. The lowest BCUT2D eigenvalue weighted by Gasteiger charge is -2.37. The van der Waals surface area contributed by atoms with Crippen molar-refractivity contribution in [1.82, 2.24) is 4.90 Å². The fourth-order valence-electron chi connectivity index (χ4n) is 2.23. The highest BCUT2D eigenvalue weighted by atomic mass is 31.2. The smallest absolute Gasteiger partial charge is 0.307 e. The molecule has 0 N–H and O–H groups in total. The molecule has 0 aliphatic carbocycles. The Hall–Kier alpha value is -0.260. The van der Waals surface area contributed by atoms with Gasteiger partial charge in [-0.1, -0.05) is 12.2 Å². The second-order valence-electron chi connectivity index (χ2n) is 4.63. The molecule has 0 heterocycles. The van der Waals surface area contributed by atoms with Gasteiger partial charge in [0.05, 0.1) is 26.4 Å². The second kappa shape index (κ2) is 12.2. The molecular formula is C15H31NO6P2. The summed E-state index contributed by atoms with van der Waals surface area (Å²) in [5, 5.41) is 0. The van der Waals surface area contributed by atoms with Crippen LogP contribution in [0.3, 0.4) is 0 Å². The molecule has 0 bridgehead atoms. The molecule has 0 spiro atoms. The zero-order chi connectivity index (χ0) is 18.6. The molecule has 0 fully saturated rings. The van der Waals surface area contributed by atoms with Gasteiger partial charge in [0.15, 0.2) is 0 Å². The van der Waals surface area contributed by atoms with Crippen LogP contribution in [0.2, 0.25) is 0 Å². The van der Waals surface area contributed by atoms with E-state index in [2.05, 4.69) is 13.2 Å². The van der Waals surface area contributed by atoms with Crippen LogP contribution in [0.15, 0.2) is 25.3 Å². The minimum absolute atomic E-state index is 0.141. The molecule has 24 heavy (non-hydrogen) atoms. The molecule has 0 radical (unpaired) electrons. The average Bonchev–Trinajstić information content (AvgIpc) is 2.48. The average molecular weight is 383 g/mol. The van der Waals surface area contributed by atoms with Crippen LogP contribution in [0.4, 0.5) is 0 Å². The van der Waals surface area contributed by atoms with E-state index < -0.39 is 20.7 Å². The van der Waals surface area contributed by atoms with Crippen LogP contribution in [-0.2, 0) is 27.2 Å². The molecule has 0 amide bonds. The summed E-state index contributed by atoms with van der Waals surface area (Å²) < 4.78 is 48.6. The van der Waals surface area contributed by atoms with Gasteiger partial charge in [-0.2, -0.15) is 0 Å². The highest BCUT2D eigenvalue weighted by Gasteiger charge is 2.53. The first-order chi connectivity index (χ1) is 11.4. The number of hydrogen-bond donors (Lipinski definition) is 0. The van der Waals surface area contributed by atoms with E-state index in [1.54, 1.807) is 44.7 Å². The van der Waals surface area contributed by atoms with Crippen LogP contribution in [-0.4, -0.2) is 49.9 Å². The topological polar surface area (TPSA) is 74.3 Å². The lowest BCUT2D eigenvalue weighted by atomic mass is 10.5. The van der Waals surface area contributed by atoms with Crippen LogP contribution in [0.25, 0.3) is 0 Å². The van der Waals surface area contributed by atoms with E-state index in [1.807, 2.05) is 0 Å². The molecule has 0 aromatic heterocycles. The lowest BCUT2D eigenvalue weighted by Crippen LogP contribution is -2.37. The molecule has 7 nitrogen and oxygen atoms in total. The van der Waals surface area contributed by atoms with Gasteiger partial charge >= 0.3 is 15.2 Å². The summed E-state index contributed by atoms with van der Waals surface area (Å²) in [4.78, 5) is 1.64. The van der Waals surface area contributed by atoms with Crippen molar-refractivity contribution in [2.75, 3.05) is 39.5 Å². The molecular weight excluding hydrogens is 352 g/mol. The normalized spacial score (nSPS) is 12.8. The summed E-state index contributed by atoms with van der Waals surface area (Å²) in [6.45, 7) is 15.3. The molecule has 0 atom stereocenters. The summed E-state index contributed by atoms with van der Waals surface area (Å²) in [6.07, 6.45) is 3.22. The van der Waals surface area contributed by atoms with E-state index in [-0.39, 0.29) is 26.4 Å². The van der Waals surface area contributed by atoms with E-state index in [4.69, 9.17) is 18.1 Å². The molecule has 9 heteroatoms. The van der Waals surface area contributed by atoms with Gasteiger partial charge in [-0.25, -0.2) is 0 Å². The largest absolute Gasteiger partial charge is 0.360 e. The molecule has 0 aliphatic rings. The Morgan fingerprint density at radius 2 is 1.08 bits per heavy atom. The quantitative estimate of drug-likeness (QED) is 0.305. The maximum atomic E-state index is 13.4. The van der Waals surface area contributed by atoms with Crippen LogP contribution in [0, 0.1) is 0 Å². The predicted octanol–water partition coefficient (Wildman–Crippen LogP) is 4.48. The Morgan fingerprint density at radius 1 is 0.792 bits per heavy atom. The highest BCUT2D eigenvalue weighted by molar-refractivity contribution is 7.72. The van der Waals surface area contributed by atoms with Crippen LogP contribution in [0.1, 0.15) is 27.7 Å². The van der Waals surface area contributed by atoms with Crippen molar-refractivity contribution in [2.45, 2.75) is 33.2 Å². The van der Waals surface area contributed by atoms with Gasteiger partial charge in [0.25, 0.3) is 0 Å². The van der Waals surface area contributed by atoms with Gasteiger partial charge in [-0.05, 0) is 27.7 Å². The third-order valence-electron chi connectivity index (χ3n) is 2.86. The van der Waals surface area contributed by atoms with Crippen molar-refractivity contribution in [1.29, 1.82) is 0 Å². The highest BCUT2D eigenvalue weighted by Crippen LogP contribution is 2.71. The summed E-state index contributed by atoms with van der Waals surface area (Å²) in [7, 11) is -7.62. The first-order valence-corrected chi connectivity index (χ1v) is 11.3. The predicted molar refractivity (Wildman–Crippen MR) is 97.5 cm³/mol. The Bertz CT molecular complexity index is 411. The Morgan fingerprint density at radius 3 is 1.29 bits per heavy atom. The monoisotopic (exact) mass is 383 g/mol. The molecule has 0 aliphatic heterocycles. The van der Waals surface area contributed by atoms with Gasteiger partial charge in [-0.3, -0.25) is 14.0 Å². The van der Waals surface area contributed by atoms with Crippen molar-refractivity contribution in [3.63, 3.8) is 0 Å². The van der Waals surface area contributed by atoms with Gasteiger partial charge in [-0.15, -0.1) is 13.2 Å². The molecule has 0 unspecified atom stereocenters. The zero-order valence-electron chi connectivity index (χ0n) is 15.2. The number of hydrogen-bond acceptors (Lipinski definition) is 7. The van der Waals surface area contributed by atoms with Crippen LogP contribution >= 0.6 is 15.2 Å². The maximum absolute atomic E-state index is 13.4. The molecule has 0 aromatic rings. The first-order valence-electron chi connectivity index (χ1n) is 8.12. The molecule has 0 aromatic carbocycles. The summed E-state index contributed by atoms with van der Waals surface area (Å²) in [5.41, 5.74) is -1.19. The van der Waals surface area contributed by atoms with Crippen LogP contribution < -0.4 is 0 Å². The lowest BCUT2D eigenvalue weighted by molar-refractivity contribution is 0.162. The van der Waals surface area contributed by atoms with E-state index in [9.17, 15) is 9.13 Å². The fraction of sp³-hybridized carbons (Fsp3) is 0.733. The Kier molecular flexibility index (Phi) is 12.0. The molecule has 0 saturated heterocycles. The van der Waals surface area contributed by atoms with Crippen molar-refractivity contribution in [3.05, 3.63) is 25.3 Å². The second-order valence-corrected chi connectivity index (χ2v) is 9.21. The standard InChI is InChI=1S/C15H31NO6P2/c1-7-13-16(14-8-2)15(23(17,19-9-3)20-10-4)24(18,21-11-5)22-12-6/h7-8,15H,1-2,9-14H2,3-6H3. The van der Waals surface area contributed by atoms with Crippen molar-refractivity contribution in [3.8, 4) is 0 Å². The van der Waals surface area contributed by atoms with Crippen LogP contribution in [0.5, 0.6) is 0 Å². The van der Waals surface area contributed by atoms with E-state index >= 15 is 0 Å². The molecule has 142 valence electrons. The first kappa shape index (κ1) is 23.7. The van der Waals surface area contributed by atoms with Gasteiger partial charge in [0, 0.05) is 13.1 Å². The van der Waals surface area contributed by atoms with E-state index in [1.165, 1.54) is 0 Å². The van der Waals surface area contributed by atoms with Gasteiger partial charge in [0.1, 0.15) is 0 Å². The van der Waals surface area contributed by atoms with Crippen molar-refractivity contribution in [2.24, 2.45) is 0 Å².